The fourth-order valence-electron chi connectivity index (χ4n) is 2.70. The molecule has 2 rings (SSSR count). The molecule has 0 radical (unpaired) electrons. The van der Waals surface area contributed by atoms with Crippen LogP contribution in [0, 0.1) is 17.8 Å². The zero-order chi connectivity index (χ0) is 16.1. The van der Waals surface area contributed by atoms with Crippen molar-refractivity contribution in [2.75, 3.05) is 13.2 Å². The van der Waals surface area contributed by atoms with Crippen LogP contribution in [0.2, 0.25) is 5.02 Å². The summed E-state index contributed by atoms with van der Waals surface area (Å²) in [5.74, 6) is 1.39. The lowest BCUT2D eigenvalue weighted by Crippen LogP contribution is -2.40. The number of amides is 2. The Morgan fingerprint density at radius 3 is 2.59 bits per heavy atom. The second-order valence-corrected chi connectivity index (χ2v) is 6.81. The standard InChI is InChI=1S/C17H25ClN2O2/c1-11(7-8-21)10-19-17(22)20-16(15-9-12(15)2)13-3-5-14(18)6-4-13/h3-6,11-12,15-16,21H,7-10H2,1-2H3,(H2,19,20,22). The van der Waals surface area contributed by atoms with E-state index in [1.807, 2.05) is 31.2 Å². The first-order chi connectivity index (χ1) is 10.5. The second-order valence-electron chi connectivity index (χ2n) is 6.38. The van der Waals surface area contributed by atoms with Gasteiger partial charge in [-0.05, 0) is 48.3 Å². The maximum absolute atomic E-state index is 12.1. The highest BCUT2D eigenvalue weighted by molar-refractivity contribution is 6.30. The molecule has 122 valence electrons. The topological polar surface area (TPSA) is 61.4 Å². The third kappa shape index (κ3) is 4.89. The van der Waals surface area contributed by atoms with Crippen LogP contribution in [-0.2, 0) is 0 Å². The van der Waals surface area contributed by atoms with Gasteiger partial charge < -0.3 is 15.7 Å². The van der Waals surface area contributed by atoms with E-state index in [-0.39, 0.29) is 24.6 Å². The van der Waals surface area contributed by atoms with Gasteiger partial charge >= 0.3 is 6.03 Å². The fraction of sp³-hybridized carbons (Fsp3) is 0.588. The number of benzene rings is 1. The van der Waals surface area contributed by atoms with Crippen molar-refractivity contribution in [2.45, 2.75) is 32.7 Å². The van der Waals surface area contributed by atoms with Gasteiger partial charge in [0, 0.05) is 18.2 Å². The average molecular weight is 325 g/mol. The van der Waals surface area contributed by atoms with E-state index in [0.29, 0.717) is 29.8 Å². The summed E-state index contributed by atoms with van der Waals surface area (Å²) in [4.78, 5) is 12.1. The number of carbonyl (C=O) groups is 1. The Balaban J connectivity index is 1.93. The van der Waals surface area contributed by atoms with Crippen molar-refractivity contribution in [2.24, 2.45) is 17.8 Å². The van der Waals surface area contributed by atoms with Gasteiger partial charge in [0.1, 0.15) is 0 Å². The maximum atomic E-state index is 12.1. The molecule has 2 amide bonds. The summed E-state index contributed by atoms with van der Waals surface area (Å²) in [7, 11) is 0. The molecule has 1 fully saturated rings. The minimum Gasteiger partial charge on any atom is -0.396 e. The normalized spacial score (nSPS) is 22.7. The molecule has 0 bridgehead atoms. The van der Waals surface area contributed by atoms with E-state index in [0.717, 1.165) is 12.0 Å². The molecular weight excluding hydrogens is 300 g/mol. The van der Waals surface area contributed by atoms with E-state index < -0.39 is 0 Å². The van der Waals surface area contributed by atoms with Crippen molar-refractivity contribution in [3.8, 4) is 0 Å². The molecule has 4 atom stereocenters. The summed E-state index contributed by atoms with van der Waals surface area (Å²) in [6.45, 7) is 4.93. The molecule has 4 nitrogen and oxygen atoms in total. The Morgan fingerprint density at radius 1 is 1.41 bits per heavy atom. The van der Waals surface area contributed by atoms with Gasteiger partial charge in [-0.3, -0.25) is 0 Å². The third-order valence-corrected chi connectivity index (χ3v) is 4.60. The molecule has 0 spiro atoms. The Kier molecular flexibility index (Phi) is 6.09. The Morgan fingerprint density at radius 2 is 2.05 bits per heavy atom. The van der Waals surface area contributed by atoms with Crippen molar-refractivity contribution in [1.82, 2.24) is 10.6 Å². The van der Waals surface area contributed by atoms with Crippen LogP contribution >= 0.6 is 11.6 Å². The molecule has 5 heteroatoms. The minimum atomic E-state index is -0.149. The van der Waals surface area contributed by atoms with Gasteiger partial charge in [0.05, 0.1) is 6.04 Å². The molecule has 3 N–H and O–H groups in total. The largest absolute Gasteiger partial charge is 0.396 e. The number of rotatable bonds is 7. The minimum absolute atomic E-state index is 0.0282. The van der Waals surface area contributed by atoms with E-state index in [9.17, 15) is 4.79 Å². The molecule has 1 saturated carbocycles. The Hall–Kier alpha value is -1.26. The van der Waals surface area contributed by atoms with Crippen molar-refractivity contribution in [3.63, 3.8) is 0 Å². The summed E-state index contributed by atoms with van der Waals surface area (Å²) in [6, 6.07) is 7.56. The first-order valence-corrected chi connectivity index (χ1v) is 8.29. The van der Waals surface area contributed by atoms with Crippen LogP contribution in [0.15, 0.2) is 24.3 Å². The number of carbonyl (C=O) groups excluding carboxylic acids is 1. The van der Waals surface area contributed by atoms with Gasteiger partial charge in [0.2, 0.25) is 0 Å². The smallest absolute Gasteiger partial charge is 0.315 e. The molecule has 0 heterocycles. The zero-order valence-corrected chi connectivity index (χ0v) is 13.9. The molecule has 0 aromatic heterocycles. The van der Waals surface area contributed by atoms with Gasteiger partial charge in [-0.1, -0.05) is 37.6 Å². The first kappa shape index (κ1) is 17.1. The summed E-state index contributed by atoms with van der Waals surface area (Å²) in [6.07, 6.45) is 1.83. The summed E-state index contributed by atoms with van der Waals surface area (Å²) >= 11 is 5.94. The van der Waals surface area contributed by atoms with Crippen LogP contribution in [0.5, 0.6) is 0 Å². The van der Waals surface area contributed by atoms with Gasteiger partial charge in [-0.2, -0.15) is 0 Å². The SMILES string of the molecule is CC(CCO)CNC(=O)NC(c1ccc(Cl)cc1)C1CC1C. The molecule has 0 saturated heterocycles. The lowest BCUT2D eigenvalue weighted by atomic mass is 10.0. The van der Waals surface area contributed by atoms with E-state index >= 15 is 0 Å². The summed E-state index contributed by atoms with van der Waals surface area (Å²) < 4.78 is 0. The molecule has 1 aliphatic rings. The Labute approximate surface area is 137 Å². The molecule has 4 unspecified atom stereocenters. The third-order valence-electron chi connectivity index (χ3n) is 4.35. The van der Waals surface area contributed by atoms with Crippen LogP contribution in [0.1, 0.15) is 38.3 Å². The lowest BCUT2D eigenvalue weighted by molar-refractivity contribution is 0.229. The molecule has 1 aromatic rings. The Bertz CT molecular complexity index is 492. The predicted octanol–water partition coefficient (Wildman–Crippen LogP) is 3.35. The highest BCUT2D eigenvalue weighted by Crippen LogP contribution is 2.47. The molecule has 1 aromatic carbocycles. The fourth-order valence-corrected chi connectivity index (χ4v) is 2.83. The van der Waals surface area contributed by atoms with E-state index in [1.165, 1.54) is 0 Å². The summed E-state index contributed by atoms with van der Waals surface area (Å²) in [5.41, 5.74) is 1.09. The number of hydrogen-bond donors (Lipinski definition) is 3. The number of aliphatic hydroxyl groups is 1. The van der Waals surface area contributed by atoms with Gasteiger partial charge in [0.15, 0.2) is 0 Å². The van der Waals surface area contributed by atoms with Crippen LogP contribution in [0.3, 0.4) is 0 Å². The molecule has 1 aliphatic carbocycles. The van der Waals surface area contributed by atoms with Gasteiger partial charge in [0.25, 0.3) is 0 Å². The molecule has 0 aliphatic heterocycles. The van der Waals surface area contributed by atoms with Crippen molar-refractivity contribution < 1.29 is 9.90 Å². The van der Waals surface area contributed by atoms with Crippen molar-refractivity contribution in [1.29, 1.82) is 0 Å². The lowest BCUT2D eigenvalue weighted by Gasteiger charge is -2.21. The van der Waals surface area contributed by atoms with Crippen molar-refractivity contribution in [3.05, 3.63) is 34.9 Å². The number of halogens is 1. The second kappa shape index (κ2) is 7.84. The molecular formula is C17H25ClN2O2. The van der Waals surface area contributed by atoms with Crippen LogP contribution in [0.25, 0.3) is 0 Å². The first-order valence-electron chi connectivity index (χ1n) is 7.92. The van der Waals surface area contributed by atoms with Crippen LogP contribution < -0.4 is 10.6 Å². The monoisotopic (exact) mass is 324 g/mol. The van der Waals surface area contributed by atoms with Crippen LogP contribution in [0.4, 0.5) is 4.79 Å². The van der Waals surface area contributed by atoms with Gasteiger partial charge in [-0.15, -0.1) is 0 Å². The predicted molar refractivity (Wildman–Crippen MR) is 88.9 cm³/mol. The number of urea groups is 1. The quantitative estimate of drug-likeness (QED) is 0.720. The molecule has 22 heavy (non-hydrogen) atoms. The van der Waals surface area contributed by atoms with E-state index in [2.05, 4.69) is 17.6 Å². The summed E-state index contributed by atoms with van der Waals surface area (Å²) in [5, 5.41) is 15.6. The number of nitrogens with one attached hydrogen (secondary N) is 2. The van der Waals surface area contributed by atoms with Gasteiger partial charge in [-0.25, -0.2) is 4.79 Å². The maximum Gasteiger partial charge on any atom is 0.315 e. The van der Waals surface area contributed by atoms with Crippen LogP contribution in [-0.4, -0.2) is 24.3 Å². The average Bonchev–Trinajstić information content (AvgIpc) is 3.21. The zero-order valence-electron chi connectivity index (χ0n) is 13.2. The highest BCUT2D eigenvalue weighted by Gasteiger charge is 2.40. The van der Waals surface area contributed by atoms with E-state index in [4.69, 9.17) is 16.7 Å². The number of hydrogen-bond acceptors (Lipinski definition) is 2. The van der Waals surface area contributed by atoms with E-state index in [1.54, 1.807) is 0 Å². The highest BCUT2D eigenvalue weighted by atomic mass is 35.5. The van der Waals surface area contributed by atoms with Crippen molar-refractivity contribution >= 4 is 17.6 Å². The number of aliphatic hydroxyl groups excluding tert-OH is 1.